The van der Waals surface area contributed by atoms with Crippen LogP contribution in [0.1, 0.15) is 73.1 Å². The highest BCUT2D eigenvalue weighted by molar-refractivity contribution is 4.91. The van der Waals surface area contributed by atoms with Crippen molar-refractivity contribution in [3.05, 3.63) is 0 Å². The Morgan fingerprint density at radius 3 is 2.19 bits per heavy atom. The molecule has 1 saturated carbocycles. The van der Waals surface area contributed by atoms with E-state index in [0.29, 0.717) is 24.4 Å². The van der Waals surface area contributed by atoms with Crippen molar-refractivity contribution >= 4 is 0 Å². The Morgan fingerprint density at radius 1 is 1.10 bits per heavy atom. The predicted molar refractivity (Wildman–Crippen MR) is 87.6 cm³/mol. The van der Waals surface area contributed by atoms with Gasteiger partial charge >= 0.3 is 0 Å². The number of nitrogens with one attached hydrogen (secondary N) is 1. The van der Waals surface area contributed by atoms with Crippen molar-refractivity contribution in [3.8, 4) is 0 Å². The Morgan fingerprint density at radius 2 is 1.67 bits per heavy atom. The first-order valence-electron chi connectivity index (χ1n) is 8.95. The van der Waals surface area contributed by atoms with Gasteiger partial charge in [0.05, 0.1) is 23.9 Å². The molecule has 1 aliphatic carbocycles. The van der Waals surface area contributed by atoms with Crippen LogP contribution in [-0.4, -0.2) is 36.5 Å². The van der Waals surface area contributed by atoms with Gasteiger partial charge in [-0.15, -0.1) is 0 Å². The van der Waals surface area contributed by atoms with E-state index in [1.54, 1.807) is 0 Å². The summed E-state index contributed by atoms with van der Waals surface area (Å²) in [4.78, 5) is 0. The maximum absolute atomic E-state index is 6.72. The van der Waals surface area contributed by atoms with Gasteiger partial charge in [-0.2, -0.15) is 0 Å². The SMILES string of the molecule is CC1CCC(CNC(C)C)(OC2CC(C)OC(C)C2)CC1. The quantitative estimate of drug-likeness (QED) is 0.834. The second-order valence-corrected chi connectivity index (χ2v) is 7.87. The van der Waals surface area contributed by atoms with Gasteiger partial charge in [0.25, 0.3) is 0 Å². The Kier molecular flexibility index (Phi) is 6.10. The van der Waals surface area contributed by atoms with Crippen molar-refractivity contribution in [2.75, 3.05) is 6.54 Å². The van der Waals surface area contributed by atoms with Crippen molar-refractivity contribution < 1.29 is 9.47 Å². The molecule has 2 unspecified atom stereocenters. The van der Waals surface area contributed by atoms with Crippen LogP contribution in [0.25, 0.3) is 0 Å². The molecule has 0 spiro atoms. The minimum atomic E-state index is 0.0538. The molecule has 3 nitrogen and oxygen atoms in total. The van der Waals surface area contributed by atoms with E-state index in [9.17, 15) is 0 Å². The zero-order chi connectivity index (χ0) is 15.5. The average Bonchev–Trinajstić information content (AvgIpc) is 2.39. The minimum absolute atomic E-state index is 0.0538. The van der Waals surface area contributed by atoms with Crippen LogP contribution in [0.4, 0.5) is 0 Å². The van der Waals surface area contributed by atoms with Crippen LogP contribution in [0, 0.1) is 5.92 Å². The maximum atomic E-state index is 6.72. The molecular weight excluding hydrogens is 262 g/mol. The molecule has 3 heteroatoms. The number of hydrogen-bond donors (Lipinski definition) is 1. The monoisotopic (exact) mass is 297 g/mol. The zero-order valence-electron chi connectivity index (χ0n) is 14.7. The maximum Gasteiger partial charge on any atom is 0.0810 e. The lowest BCUT2D eigenvalue weighted by molar-refractivity contribution is -0.169. The Balaban J connectivity index is 1.97. The molecule has 21 heavy (non-hydrogen) atoms. The fourth-order valence-corrected chi connectivity index (χ4v) is 3.81. The van der Waals surface area contributed by atoms with E-state index >= 15 is 0 Å². The third-order valence-corrected chi connectivity index (χ3v) is 5.09. The van der Waals surface area contributed by atoms with Crippen LogP contribution in [-0.2, 0) is 9.47 Å². The first-order chi connectivity index (χ1) is 9.88. The predicted octanol–water partition coefficient (Wildman–Crippen LogP) is 3.91. The largest absolute Gasteiger partial charge is 0.375 e. The summed E-state index contributed by atoms with van der Waals surface area (Å²) < 4.78 is 12.6. The van der Waals surface area contributed by atoms with Crippen molar-refractivity contribution in [3.63, 3.8) is 0 Å². The third kappa shape index (κ3) is 5.22. The minimum Gasteiger partial charge on any atom is -0.375 e. The summed E-state index contributed by atoms with van der Waals surface area (Å²) in [5.41, 5.74) is 0.0538. The van der Waals surface area contributed by atoms with Crippen LogP contribution in [0.3, 0.4) is 0 Å². The van der Waals surface area contributed by atoms with Gasteiger partial charge in [0.1, 0.15) is 0 Å². The highest BCUT2D eigenvalue weighted by Gasteiger charge is 2.39. The molecule has 124 valence electrons. The van der Waals surface area contributed by atoms with Gasteiger partial charge in [0, 0.05) is 12.6 Å². The first-order valence-corrected chi connectivity index (χ1v) is 8.95. The Bertz CT molecular complexity index is 300. The van der Waals surface area contributed by atoms with Crippen LogP contribution in [0.15, 0.2) is 0 Å². The van der Waals surface area contributed by atoms with E-state index in [1.807, 2.05) is 0 Å². The molecule has 0 aromatic carbocycles. The van der Waals surface area contributed by atoms with Crippen molar-refractivity contribution in [1.29, 1.82) is 0 Å². The second kappa shape index (κ2) is 7.43. The molecule has 2 aliphatic rings. The Hall–Kier alpha value is -0.120. The molecule has 2 fully saturated rings. The molecule has 2 rings (SSSR count). The lowest BCUT2D eigenvalue weighted by Gasteiger charge is -2.44. The molecule has 0 bridgehead atoms. The summed E-state index contributed by atoms with van der Waals surface area (Å²) in [7, 11) is 0. The summed E-state index contributed by atoms with van der Waals surface area (Å²) in [6, 6.07) is 0.525. The highest BCUT2D eigenvalue weighted by Crippen LogP contribution is 2.37. The fourth-order valence-electron chi connectivity index (χ4n) is 3.81. The van der Waals surface area contributed by atoms with Gasteiger partial charge < -0.3 is 14.8 Å². The molecule has 0 radical (unpaired) electrons. The highest BCUT2D eigenvalue weighted by atomic mass is 16.5. The average molecular weight is 297 g/mol. The topological polar surface area (TPSA) is 30.5 Å². The smallest absolute Gasteiger partial charge is 0.0810 e. The van der Waals surface area contributed by atoms with E-state index in [2.05, 4.69) is 39.9 Å². The van der Waals surface area contributed by atoms with Crippen molar-refractivity contribution in [1.82, 2.24) is 5.32 Å². The molecule has 1 N–H and O–H groups in total. The molecule has 1 heterocycles. The van der Waals surface area contributed by atoms with Crippen LogP contribution >= 0.6 is 0 Å². The molecule has 1 aliphatic heterocycles. The van der Waals surface area contributed by atoms with Crippen LogP contribution in [0.5, 0.6) is 0 Å². The van der Waals surface area contributed by atoms with E-state index in [4.69, 9.17) is 9.47 Å². The van der Waals surface area contributed by atoms with Crippen molar-refractivity contribution in [2.45, 2.75) is 103 Å². The van der Waals surface area contributed by atoms with E-state index in [-0.39, 0.29) is 5.60 Å². The van der Waals surface area contributed by atoms with Gasteiger partial charge in [0.2, 0.25) is 0 Å². The molecular formula is C18H35NO2. The summed E-state index contributed by atoms with van der Waals surface area (Å²) in [6.45, 7) is 12.2. The standard InChI is InChI=1S/C18H35NO2/c1-13(2)19-12-18(8-6-14(3)7-9-18)21-17-10-15(4)20-16(5)11-17/h13-17,19H,6-12H2,1-5H3. The molecule has 2 atom stereocenters. The number of hydrogen-bond acceptors (Lipinski definition) is 3. The summed E-state index contributed by atoms with van der Waals surface area (Å²) in [6.07, 6.45) is 8.12. The van der Waals surface area contributed by atoms with E-state index in [1.165, 1.54) is 25.7 Å². The van der Waals surface area contributed by atoms with Gasteiger partial charge in [0.15, 0.2) is 0 Å². The Labute approximate surface area is 131 Å². The molecule has 0 aromatic heterocycles. The number of ether oxygens (including phenoxy) is 2. The second-order valence-electron chi connectivity index (χ2n) is 7.87. The van der Waals surface area contributed by atoms with Gasteiger partial charge in [-0.25, -0.2) is 0 Å². The molecule has 0 aromatic rings. The summed E-state index contributed by atoms with van der Waals surface area (Å²) >= 11 is 0. The summed E-state index contributed by atoms with van der Waals surface area (Å²) in [5, 5.41) is 3.63. The number of rotatable bonds is 5. The normalized spacial score (nSPS) is 41.4. The lowest BCUT2D eigenvalue weighted by atomic mass is 9.79. The van der Waals surface area contributed by atoms with E-state index < -0.39 is 0 Å². The molecule has 1 saturated heterocycles. The van der Waals surface area contributed by atoms with Crippen LogP contribution < -0.4 is 5.32 Å². The first kappa shape index (κ1) is 17.2. The van der Waals surface area contributed by atoms with Gasteiger partial charge in [-0.05, 0) is 58.3 Å². The summed E-state index contributed by atoms with van der Waals surface area (Å²) in [5.74, 6) is 0.855. The van der Waals surface area contributed by atoms with Crippen molar-refractivity contribution in [2.24, 2.45) is 5.92 Å². The van der Waals surface area contributed by atoms with Gasteiger partial charge in [-0.1, -0.05) is 20.8 Å². The zero-order valence-corrected chi connectivity index (χ0v) is 14.7. The van der Waals surface area contributed by atoms with Gasteiger partial charge in [-0.3, -0.25) is 0 Å². The third-order valence-electron chi connectivity index (χ3n) is 5.09. The molecule has 0 amide bonds. The van der Waals surface area contributed by atoms with Crippen LogP contribution in [0.2, 0.25) is 0 Å². The lowest BCUT2D eigenvalue weighted by Crippen LogP contribution is -2.51. The fraction of sp³-hybridized carbons (Fsp3) is 1.00. The van der Waals surface area contributed by atoms with E-state index in [0.717, 1.165) is 25.3 Å².